The van der Waals surface area contributed by atoms with Gasteiger partial charge < -0.3 is 18.9 Å². The Balaban J connectivity index is 1.26. The van der Waals surface area contributed by atoms with Gasteiger partial charge in [0.1, 0.15) is 17.2 Å². The van der Waals surface area contributed by atoms with E-state index in [9.17, 15) is 9.59 Å². The summed E-state index contributed by atoms with van der Waals surface area (Å²) in [5.74, 6) is 1.38. The Morgan fingerprint density at radius 1 is 0.477 bits per heavy atom. The summed E-state index contributed by atoms with van der Waals surface area (Å²) in [7, 11) is 0. The third kappa shape index (κ3) is 5.14. The van der Waals surface area contributed by atoms with E-state index < -0.39 is 12.3 Å². The van der Waals surface area contributed by atoms with Crippen molar-refractivity contribution >= 4 is 55.4 Å². The minimum Gasteiger partial charge on any atom is -0.395 e. The topological polar surface area (TPSA) is 71.1 Å². The summed E-state index contributed by atoms with van der Waals surface area (Å²) in [5.41, 5.74) is 0.912. The van der Waals surface area contributed by atoms with Crippen molar-refractivity contribution in [3.05, 3.63) is 133 Å². The summed E-state index contributed by atoms with van der Waals surface area (Å²) >= 11 is 0. The van der Waals surface area contributed by atoms with Crippen LogP contribution in [0.3, 0.4) is 0 Å². The number of carbonyl (C=O) groups is 2. The van der Waals surface area contributed by atoms with E-state index in [0.717, 1.165) is 27.1 Å². The highest BCUT2D eigenvalue weighted by Gasteiger charge is 2.23. The molecule has 0 amide bonds. The van der Waals surface area contributed by atoms with Crippen molar-refractivity contribution in [2.75, 3.05) is 0 Å². The first kappa shape index (κ1) is 27.0. The van der Waals surface area contributed by atoms with Crippen molar-refractivity contribution in [2.45, 2.75) is 13.3 Å². The lowest BCUT2D eigenvalue weighted by molar-refractivity contribution is 0.151. The van der Waals surface area contributed by atoms with Crippen molar-refractivity contribution in [2.24, 2.45) is 0 Å². The lowest BCUT2D eigenvalue weighted by Crippen LogP contribution is -2.16. The van der Waals surface area contributed by atoms with Crippen LogP contribution in [0.1, 0.15) is 12.5 Å². The first-order chi connectivity index (χ1) is 21.6. The van der Waals surface area contributed by atoms with Crippen molar-refractivity contribution in [1.82, 2.24) is 0 Å². The Bertz CT molecular complexity index is 2220. The highest BCUT2D eigenvalue weighted by atomic mass is 16.7. The van der Waals surface area contributed by atoms with Crippen LogP contribution in [0.5, 0.6) is 23.0 Å². The van der Waals surface area contributed by atoms with E-state index in [1.54, 1.807) is 24.3 Å². The predicted octanol–water partition coefficient (Wildman–Crippen LogP) is 10.0. The molecule has 0 radical (unpaired) electrons. The molecule has 0 bridgehead atoms. The molecule has 0 aliphatic heterocycles. The molecule has 0 saturated carbocycles. The van der Waals surface area contributed by atoms with Crippen LogP contribution in [0.4, 0.5) is 9.59 Å². The number of carbonyl (C=O) groups excluding carboxylic acids is 2. The molecule has 44 heavy (non-hydrogen) atoms. The van der Waals surface area contributed by atoms with E-state index in [1.807, 2.05) is 110 Å². The second-order valence-electron chi connectivity index (χ2n) is 10.3. The predicted molar refractivity (Wildman–Crippen MR) is 172 cm³/mol. The summed E-state index contributed by atoms with van der Waals surface area (Å²) < 4.78 is 23.1. The van der Waals surface area contributed by atoms with Crippen LogP contribution in [0.2, 0.25) is 0 Å². The maximum Gasteiger partial charge on any atom is 0.519 e. The first-order valence-electron chi connectivity index (χ1n) is 14.3. The summed E-state index contributed by atoms with van der Waals surface area (Å²) in [6.07, 6.45) is -1.10. The quantitative estimate of drug-likeness (QED) is 0.115. The SMILES string of the molecule is CCc1cccc2c(OC(=O)Oc3ccc4ccccc4c3)c3ccccc3c(OC(=O)Oc3ccc4ccccc4c3)c12. The average molecular weight is 579 g/mol. The van der Waals surface area contributed by atoms with Crippen LogP contribution >= 0.6 is 0 Å². The van der Waals surface area contributed by atoms with Crippen molar-refractivity contribution in [3.8, 4) is 23.0 Å². The maximum absolute atomic E-state index is 13.2. The number of fused-ring (bicyclic) bond motifs is 4. The fourth-order valence-electron chi connectivity index (χ4n) is 5.59. The van der Waals surface area contributed by atoms with Gasteiger partial charge in [-0.3, -0.25) is 0 Å². The van der Waals surface area contributed by atoms with Gasteiger partial charge in [0.2, 0.25) is 0 Å². The van der Waals surface area contributed by atoms with E-state index in [2.05, 4.69) is 0 Å². The molecular weight excluding hydrogens is 552 g/mol. The summed E-state index contributed by atoms with van der Waals surface area (Å²) in [6, 6.07) is 39.4. The van der Waals surface area contributed by atoms with E-state index in [-0.39, 0.29) is 0 Å². The lowest BCUT2D eigenvalue weighted by Gasteiger charge is -2.18. The van der Waals surface area contributed by atoms with E-state index in [1.165, 1.54) is 0 Å². The van der Waals surface area contributed by atoms with Crippen LogP contribution in [-0.2, 0) is 6.42 Å². The van der Waals surface area contributed by atoms with Gasteiger partial charge in [-0.25, -0.2) is 9.59 Å². The first-order valence-corrected chi connectivity index (χ1v) is 14.3. The van der Waals surface area contributed by atoms with Crippen molar-refractivity contribution in [1.29, 1.82) is 0 Å². The number of hydrogen-bond donors (Lipinski definition) is 0. The highest BCUT2D eigenvalue weighted by Crippen LogP contribution is 2.44. The average Bonchev–Trinajstić information content (AvgIpc) is 3.05. The van der Waals surface area contributed by atoms with Crippen LogP contribution in [-0.4, -0.2) is 12.3 Å². The van der Waals surface area contributed by atoms with Crippen LogP contribution in [0.25, 0.3) is 43.1 Å². The smallest absolute Gasteiger partial charge is 0.395 e. The molecule has 0 saturated heterocycles. The molecule has 7 aromatic rings. The highest BCUT2D eigenvalue weighted by molar-refractivity contribution is 6.13. The number of benzene rings is 7. The molecular formula is C38H26O6. The van der Waals surface area contributed by atoms with Crippen LogP contribution < -0.4 is 18.9 Å². The third-order valence-corrected chi connectivity index (χ3v) is 7.63. The largest absolute Gasteiger partial charge is 0.519 e. The van der Waals surface area contributed by atoms with E-state index in [4.69, 9.17) is 18.9 Å². The molecule has 6 nitrogen and oxygen atoms in total. The van der Waals surface area contributed by atoms with Gasteiger partial charge in [-0.05, 0) is 57.8 Å². The molecule has 0 fully saturated rings. The fraction of sp³-hybridized carbons (Fsp3) is 0.0526. The summed E-state index contributed by atoms with van der Waals surface area (Å²) in [4.78, 5) is 26.4. The second-order valence-corrected chi connectivity index (χ2v) is 10.3. The molecule has 0 aliphatic carbocycles. The fourth-order valence-corrected chi connectivity index (χ4v) is 5.59. The van der Waals surface area contributed by atoms with E-state index in [0.29, 0.717) is 51.0 Å². The standard InChI is InChI=1S/C38H26O6/c1-2-24-14-9-17-33-34(24)36(44-38(40)42-30-21-19-26-11-4-6-13-28(26)23-30)32-16-8-7-15-31(32)35(33)43-37(39)41-29-20-18-25-10-3-5-12-27(25)22-29/h3-23H,2H2,1H3. The molecule has 0 aliphatic rings. The van der Waals surface area contributed by atoms with Gasteiger partial charge in [-0.2, -0.15) is 0 Å². The Labute approximate surface area is 253 Å². The van der Waals surface area contributed by atoms with Gasteiger partial charge in [0.25, 0.3) is 0 Å². The summed E-state index contributed by atoms with van der Waals surface area (Å²) in [6.45, 7) is 2.01. The van der Waals surface area contributed by atoms with Crippen molar-refractivity contribution in [3.63, 3.8) is 0 Å². The minimum atomic E-state index is -0.877. The molecule has 0 N–H and O–H groups in total. The number of hydrogen-bond acceptors (Lipinski definition) is 6. The summed E-state index contributed by atoms with van der Waals surface area (Å²) in [5, 5.41) is 6.38. The number of ether oxygens (including phenoxy) is 4. The zero-order valence-corrected chi connectivity index (χ0v) is 23.8. The Kier molecular flexibility index (Phi) is 7.00. The zero-order chi connectivity index (χ0) is 30.0. The molecule has 0 heterocycles. The molecule has 7 rings (SSSR count). The van der Waals surface area contributed by atoms with Gasteiger partial charge in [-0.15, -0.1) is 0 Å². The number of rotatable bonds is 5. The molecule has 214 valence electrons. The van der Waals surface area contributed by atoms with Gasteiger partial charge in [0, 0.05) is 21.5 Å². The van der Waals surface area contributed by atoms with Crippen LogP contribution in [0, 0.1) is 0 Å². The Hall–Kier alpha value is -5.88. The lowest BCUT2D eigenvalue weighted by atomic mass is 9.96. The van der Waals surface area contributed by atoms with Gasteiger partial charge in [0.15, 0.2) is 5.75 Å². The number of aryl methyl sites for hydroxylation is 1. The van der Waals surface area contributed by atoms with Gasteiger partial charge >= 0.3 is 12.3 Å². The monoisotopic (exact) mass is 578 g/mol. The van der Waals surface area contributed by atoms with Gasteiger partial charge in [-0.1, -0.05) is 110 Å². The maximum atomic E-state index is 13.2. The Morgan fingerprint density at radius 3 is 1.52 bits per heavy atom. The molecule has 0 aromatic heterocycles. The second kappa shape index (κ2) is 11.4. The molecule has 0 unspecified atom stereocenters. The van der Waals surface area contributed by atoms with E-state index >= 15 is 0 Å². The molecule has 0 spiro atoms. The van der Waals surface area contributed by atoms with Crippen LogP contribution in [0.15, 0.2) is 127 Å². The normalized spacial score (nSPS) is 11.1. The molecule has 0 atom stereocenters. The van der Waals surface area contributed by atoms with Gasteiger partial charge in [0.05, 0.1) is 0 Å². The minimum absolute atomic E-state index is 0.312. The zero-order valence-electron chi connectivity index (χ0n) is 23.8. The third-order valence-electron chi connectivity index (χ3n) is 7.63. The Morgan fingerprint density at radius 2 is 0.955 bits per heavy atom. The molecule has 7 aromatic carbocycles. The molecule has 6 heteroatoms. The van der Waals surface area contributed by atoms with Crippen molar-refractivity contribution < 1.29 is 28.5 Å².